The number of hydrogen-bond donors (Lipinski definition) is 2. The van der Waals surface area contributed by atoms with E-state index in [1.807, 2.05) is 37.3 Å². The number of amides is 1. The average Bonchev–Trinajstić information content (AvgIpc) is 2.58. The quantitative estimate of drug-likeness (QED) is 0.621. The van der Waals surface area contributed by atoms with Crippen LogP contribution in [-0.4, -0.2) is 12.6 Å². The molecule has 0 atom stereocenters. The Morgan fingerprint density at radius 2 is 2.04 bits per heavy atom. The number of alkyl carbamates (subject to hydrolysis) is 1. The molecule has 4 nitrogen and oxygen atoms in total. The van der Waals surface area contributed by atoms with E-state index < -0.39 is 6.09 Å². The van der Waals surface area contributed by atoms with Crippen LogP contribution in [0.5, 0.6) is 0 Å². The number of nitrogen functional groups attached to an aromatic ring is 1. The van der Waals surface area contributed by atoms with Gasteiger partial charge in [0.25, 0.3) is 0 Å². The zero-order chi connectivity index (χ0) is 17.4. The van der Waals surface area contributed by atoms with Crippen LogP contribution >= 0.6 is 0 Å². The van der Waals surface area contributed by atoms with Crippen LogP contribution in [0.1, 0.15) is 23.1 Å². The minimum atomic E-state index is -0.471. The number of aryl methyl sites for hydroxylation is 1. The SMILES string of the molecule is Cc1cc(C=CCCNC(=O)OCc2ccccc2)c(F)cc1N. The molecule has 126 valence electrons. The van der Waals surface area contributed by atoms with Crippen LogP contribution in [-0.2, 0) is 11.3 Å². The Morgan fingerprint density at radius 1 is 1.29 bits per heavy atom. The van der Waals surface area contributed by atoms with Gasteiger partial charge in [0.15, 0.2) is 0 Å². The first kappa shape index (κ1) is 17.5. The first-order valence-electron chi connectivity index (χ1n) is 7.73. The van der Waals surface area contributed by atoms with Gasteiger partial charge in [-0.2, -0.15) is 0 Å². The summed E-state index contributed by atoms with van der Waals surface area (Å²) in [6.07, 6.45) is 3.58. The van der Waals surface area contributed by atoms with Crippen LogP contribution in [0.25, 0.3) is 6.08 Å². The topological polar surface area (TPSA) is 64.3 Å². The fraction of sp³-hybridized carbons (Fsp3) is 0.211. The molecule has 0 unspecified atom stereocenters. The van der Waals surface area contributed by atoms with Crippen LogP contribution in [0, 0.1) is 12.7 Å². The van der Waals surface area contributed by atoms with Gasteiger partial charge in [-0.3, -0.25) is 0 Å². The summed E-state index contributed by atoms with van der Waals surface area (Å²) in [5.74, 6) is -0.357. The van der Waals surface area contributed by atoms with E-state index in [1.54, 1.807) is 18.2 Å². The molecule has 0 heterocycles. The molecule has 0 spiro atoms. The number of carbonyl (C=O) groups excluding carboxylic acids is 1. The van der Waals surface area contributed by atoms with E-state index in [0.717, 1.165) is 11.1 Å². The molecule has 0 saturated heterocycles. The molecule has 1 amide bonds. The molecule has 0 radical (unpaired) electrons. The maximum Gasteiger partial charge on any atom is 0.407 e. The van der Waals surface area contributed by atoms with Gasteiger partial charge in [0.05, 0.1) is 0 Å². The number of rotatable bonds is 6. The first-order chi connectivity index (χ1) is 11.6. The minimum Gasteiger partial charge on any atom is -0.445 e. The predicted octanol–water partition coefficient (Wildman–Crippen LogP) is 4.05. The van der Waals surface area contributed by atoms with Crippen molar-refractivity contribution < 1.29 is 13.9 Å². The fourth-order valence-electron chi connectivity index (χ4n) is 2.09. The summed E-state index contributed by atoms with van der Waals surface area (Å²) in [6.45, 7) is 2.48. The van der Waals surface area contributed by atoms with Gasteiger partial charge >= 0.3 is 6.09 Å². The Balaban J connectivity index is 1.70. The molecule has 3 N–H and O–H groups in total. The lowest BCUT2D eigenvalue weighted by molar-refractivity contribution is 0.140. The summed E-state index contributed by atoms with van der Waals surface area (Å²) in [7, 11) is 0. The van der Waals surface area contributed by atoms with Crippen molar-refractivity contribution >= 4 is 17.9 Å². The molecule has 5 heteroatoms. The first-order valence-corrected chi connectivity index (χ1v) is 7.73. The molecule has 0 bridgehead atoms. The van der Waals surface area contributed by atoms with Crippen molar-refractivity contribution in [1.82, 2.24) is 5.32 Å². The molecule has 24 heavy (non-hydrogen) atoms. The molecule has 0 aliphatic carbocycles. The summed E-state index contributed by atoms with van der Waals surface area (Å²) >= 11 is 0. The third-order valence-electron chi connectivity index (χ3n) is 3.48. The number of benzene rings is 2. The minimum absolute atomic E-state index is 0.235. The summed E-state index contributed by atoms with van der Waals surface area (Å²) < 4.78 is 18.8. The number of anilines is 1. The Labute approximate surface area is 141 Å². The highest BCUT2D eigenvalue weighted by molar-refractivity contribution is 5.67. The predicted molar refractivity (Wildman–Crippen MR) is 93.8 cm³/mol. The Kier molecular flexibility index (Phi) is 6.37. The normalized spacial score (nSPS) is 10.8. The van der Waals surface area contributed by atoms with Gasteiger partial charge in [-0.1, -0.05) is 42.5 Å². The van der Waals surface area contributed by atoms with Crippen molar-refractivity contribution in [3.63, 3.8) is 0 Å². The van der Waals surface area contributed by atoms with Crippen LogP contribution < -0.4 is 11.1 Å². The van der Waals surface area contributed by atoms with Gasteiger partial charge in [-0.25, -0.2) is 9.18 Å². The Hall–Kier alpha value is -2.82. The number of hydrogen-bond acceptors (Lipinski definition) is 3. The number of carbonyl (C=O) groups is 1. The zero-order valence-electron chi connectivity index (χ0n) is 13.6. The third-order valence-corrected chi connectivity index (χ3v) is 3.48. The molecule has 0 saturated carbocycles. The van der Waals surface area contributed by atoms with Crippen LogP contribution in [0.3, 0.4) is 0 Å². The lowest BCUT2D eigenvalue weighted by atomic mass is 10.1. The Bertz CT molecular complexity index is 715. The van der Waals surface area contributed by atoms with Crippen molar-refractivity contribution in [2.45, 2.75) is 20.0 Å². The molecule has 2 aromatic carbocycles. The summed E-state index contributed by atoms with van der Waals surface area (Å²) in [6, 6.07) is 12.5. The van der Waals surface area contributed by atoms with Gasteiger partial charge in [0, 0.05) is 17.8 Å². The highest BCUT2D eigenvalue weighted by Gasteiger charge is 2.03. The van der Waals surface area contributed by atoms with Crippen molar-refractivity contribution in [2.75, 3.05) is 12.3 Å². The van der Waals surface area contributed by atoms with Crippen molar-refractivity contribution in [3.05, 3.63) is 71.0 Å². The standard InChI is InChI=1S/C19H21FN2O2/c1-14-11-16(17(20)12-18(14)21)9-5-6-10-22-19(23)24-13-15-7-3-2-4-8-15/h2-5,7-9,11-12H,6,10,13,21H2,1H3,(H,22,23). The lowest BCUT2D eigenvalue weighted by Crippen LogP contribution is -2.24. The molecular weight excluding hydrogens is 307 g/mol. The van der Waals surface area contributed by atoms with Crippen molar-refractivity contribution in [2.24, 2.45) is 0 Å². The molecule has 2 aromatic rings. The van der Waals surface area contributed by atoms with Crippen LogP contribution in [0.4, 0.5) is 14.9 Å². The van der Waals surface area contributed by atoms with E-state index in [0.29, 0.717) is 24.2 Å². The smallest absolute Gasteiger partial charge is 0.407 e. The number of nitrogens with two attached hydrogens (primary N) is 1. The molecule has 0 aliphatic rings. The largest absolute Gasteiger partial charge is 0.445 e. The van der Waals surface area contributed by atoms with E-state index in [-0.39, 0.29) is 12.4 Å². The lowest BCUT2D eigenvalue weighted by Gasteiger charge is -2.06. The van der Waals surface area contributed by atoms with E-state index in [9.17, 15) is 9.18 Å². The average molecular weight is 328 g/mol. The number of ether oxygens (including phenoxy) is 1. The van der Waals surface area contributed by atoms with Crippen molar-refractivity contribution in [3.8, 4) is 0 Å². The zero-order valence-corrected chi connectivity index (χ0v) is 13.6. The maximum atomic E-state index is 13.7. The van der Waals surface area contributed by atoms with Gasteiger partial charge in [0.2, 0.25) is 0 Å². The molecular formula is C19H21FN2O2. The van der Waals surface area contributed by atoms with Crippen LogP contribution in [0.2, 0.25) is 0 Å². The molecule has 2 rings (SSSR count). The van der Waals surface area contributed by atoms with Gasteiger partial charge in [-0.15, -0.1) is 0 Å². The highest BCUT2D eigenvalue weighted by Crippen LogP contribution is 2.18. The van der Waals surface area contributed by atoms with E-state index in [2.05, 4.69) is 5.32 Å². The molecule has 0 aliphatic heterocycles. The fourth-order valence-corrected chi connectivity index (χ4v) is 2.09. The van der Waals surface area contributed by atoms with Gasteiger partial charge < -0.3 is 15.8 Å². The van der Waals surface area contributed by atoms with Gasteiger partial charge in [-0.05, 0) is 36.6 Å². The third kappa shape index (κ3) is 5.43. The van der Waals surface area contributed by atoms with Gasteiger partial charge in [0.1, 0.15) is 12.4 Å². The monoisotopic (exact) mass is 328 g/mol. The summed E-state index contributed by atoms with van der Waals surface area (Å²) in [5, 5.41) is 2.65. The molecule has 0 aromatic heterocycles. The number of halogens is 1. The number of nitrogens with one attached hydrogen (secondary N) is 1. The summed E-state index contributed by atoms with van der Waals surface area (Å²) in [4.78, 5) is 11.6. The van der Waals surface area contributed by atoms with Crippen LogP contribution in [0.15, 0.2) is 48.5 Å². The Morgan fingerprint density at radius 3 is 2.79 bits per heavy atom. The second-order valence-electron chi connectivity index (χ2n) is 5.41. The highest BCUT2D eigenvalue weighted by atomic mass is 19.1. The maximum absolute atomic E-state index is 13.7. The second-order valence-corrected chi connectivity index (χ2v) is 5.41. The van der Waals surface area contributed by atoms with E-state index in [4.69, 9.17) is 10.5 Å². The second kappa shape index (κ2) is 8.72. The summed E-state index contributed by atoms with van der Waals surface area (Å²) in [5.41, 5.74) is 8.33. The molecule has 0 fully saturated rings. The van der Waals surface area contributed by atoms with E-state index in [1.165, 1.54) is 6.07 Å². The van der Waals surface area contributed by atoms with Crippen molar-refractivity contribution in [1.29, 1.82) is 0 Å². The van der Waals surface area contributed by atoms with E-state index >= 15 is 0 Å².